The van der Waals surface area contributed by atoms with Gasteiger partial charge in [-0.3, -0.25) is 0 Å². The molecule has 1 N–H and O–H groups in total. The molecule has 0 aromatic carbocycles. The van der Waals surface area contributed by atoms with Gasteiger partial charge in [0.2, 0.25) is 0 Å². The standard InChI is InChI=1S/C12H19FN2O/c1-12(2,3)8-15(4)11-10(13)9(7-16)5-6-14-11/h5-6,16H,7-8H2,1-4H3. The molecule has 0 amide bonds. The third-order valence-electron chi connectivity index (χ3n) is 2.19. The fourth-order valence-electron chi connectivity index (χ4n) is 1.65. The Hall–Kier alpha value is -1.16. The van der Waals surface area contributed by atoms with E-state index in [-0.39, 0.29) is 17.6 Å². The van der Waals surface area contributed by atoms with Crippen molar-refractivity contribution in [1.82, 2.24) is 4.98 Å². The Labute approximate surface area is 95.9 Å². The summed E-state index contributed by atoms with van der Waals surface area (Å²) in [7, 11) is 1.80. The van der Waals surface area contributed by atoms with Crippen molar-refractivity contribution in [3.05, 3.63) is 23.6 Å². The van der Waals surface area contributed by atoms with Gasteiger partial charge in [-0.05, 0) is 11.5 Å². The zero-order valence-electron chi connectivity index (χ0n) is 10.3. The van der Waals surface area contributed by atoms with Crippen molar-refractivity contribution in [3.8, 4) is 0 Å². The Morgan fingerprint density at radius 2 is 2.06 bits per heavy atom. The Balaban J connectivity index is 2.95. The first-order valence-electron chi connectivity index (χ1n) is 5.30. The number of aromatic nitrogens is 1. The van der Waals surface area contributed by atoms with Crippen molar-refractivity contribution in [3.63, 3.8) is 0 Å². The first-order chi connectivity index (χ1) is 7.35. The Kier molecular flexibility index (Phi) is 3.86. The lowest BCUT2D eigenvalue weighted by atomic mass is 9.96. The third kappa shape index (κ3) is 3.17. The second-order valence-electron chi connectivity index (χ2n) is 5.18. The van der Waals surface area contributed by atoms with E-state index in [1.807, 2.05) is 0 Å². The molecule has 0 spiro atoms. The molecule has 1 rings (SSSR count). The number of nitrogens with zero attached hydrogens (tertiary/aromatic N) is 2. The molecule has 0 saturated carbocycles. The molecule has 0 fully saturated rings. The van der Waals surface area contributed by atoms with E-state index in [2.05, 4.69) is 25.8 Å². The van der Waals surface area contributed by atoms with Crippen LogP contribution in [-0.2, 0) is 6.61 Å². The van der Waals surface area contributed by atoms with Crippen LogP contribution in [0, 0.1) is 11.2 Å². The van der Waals surface area contributed by atoms with Gasteiger partial charge >= 0.3 is 0 Å². The van der Waals surface area contributed by atoms with Gasteiger partial charge in [-0.25, -0.2) is 9.37 Å². The van der Waals surface area contributed by atoms with E-state index in [1.165, 1.54) is 12.3 Å². The van der Waals surface area contributed by atoms with E-state index in [1.54, 1.807) is 11.9 Å². The fraction of sp³-hybridized carbons (Fsp3) is 0.583. The number of hydrogen-bond donors (Lipinski definition) is 1. The van der Waals surface area contributed by atoms with Crippen LogP contribution in [0.3, 0.4) is 0 Å². The number of pyridine rings is 1. The van der Waals surface area contributed by atoms with Gasteiger partial charge in [0.15, 0.2) is 11.6 Å². The number of rotatable bonds is 3. The minimum atomic E-state index is -0.434. The highest BCUT2D eigenvalue weighted by atomic mass is 19.1. The predicted octanol–water partition coefficient (Wildman–Crippen LogP) is 2.20. The first-order valence-corrected chi connectivity index (χ1v) is 5.30. The van der Waals surface area contributed by atoms with Gasteiger partial charge in [-0.15, -0.1) is 0 Å². The molecular weight excluding hydrogens is 207 g/mol. The summed E-state index contributed by atoms with van der Waals surface area (Å²) >= 11 is 0. The van der Waals surface area contributed by atoms with Crippen molar-refractivity contribution in [2.75, 3.05) is 18.5 Å². The molecule has 0 aliphatic heterocycles. The zero-order chi connectivity index (χ0) is 12.3. The highest BCUT2D eigenvalue weighted by Crippen LogP contribution is 2.22. The van der Waals surface area contributed by atoms with Crippen LogP contribution in [0.5, 0.6) is 0 Å². The van der Waals surface area contributed by atoms with E-state index < -0.39 is 5.82 Å². The number of aliphatic hydroxyl groups excluding tert-OH is 1. The van der Waals surface area contributed by atoms with Crippen LogP contribution in [0.2, 0.25) is 0 Å². The number of anilines is 1. The van der Waals surface area contributed by atoms with Crippen LogP contribution < -0.4 is 4.90 Å². The Morgan fingerprint density at radius 1 is 1.44 bits per heavy atom. The number of aliphatic hydroxyl groups is 1. The summed E-state index contributed by atoms with van der Waals surface area (Å²) in [6, 6.07) is 1.49. The average Bonchev–Trinajstić information content (AvgIpc) is 2.15. The average molecular weight is 226 g/mol. The molecule has 90 valence electrons. The van der Waals surface area contributed by atoms with Crippen molar-refractivity contribution in [1.29, 1.82) is 0 Å². The molecule has 0 radical (unpaired) electrons. The van der Waals surface area contributed by atoms with Crippen LogP contribution >= 0.6 is 0 Å². The summed E-state index contributed by atoms with van der Waals surface area (Å²) < 4.78 is 13.8. The number of hydrogen-bond acceptors (Lipinski definition) is 3. The Bertz CT molecular complexity index is 361. The molecular formula is C12H19FN2O. The highest BCUT2D eigenvalue weighted by Gasteiger charge is 2.18. The monoisotopic (exact) mass is 226 g/mol. The van der Waals surface area contributed by atoms with E-state index in [0.29, 0.717) is 12.4 Å². The summed E-state index contributed by atoms with van der Waals surface area (Å²) in [5.74, 6) is -0.141. The molecule has 1 aromatic heterocycles. The zero-order valence-corrected chi connectivity index (χ0v) is 10.3. The number of halogens is 1. The van der Waals surface area contributed by atoms with E-state index in [0.717, 1.165) is 0 Å². The molecule has 0 aliphatic rings. The lowest BCUT2D eigenvalue weighted by molar-refractivity contribution is 0.275. The summed E-state index contributed by atoms with van der Waals surface area (Å²) in [5.41, 5.74) is 0.351. The van der Waals surface area contributed by atoms with Crippen LogP contribution in [0.15, 0.2) is 12.3 Å². The summed E-state index contributed by atoms with van der Waals surface area (Å²) in [4.78, 5) is 5.78. The van der Waals surface area contributed by atoms with Gasteiger partial charge in [0.25, 0.3) is 0 Å². The van der Waals surface area contributed by atoms with Crippen molar-refractivity contribution < 1.29 is 9.50 Å². The van der Waals surface area contributed by atoms with Crippen molar-refractivity contribution in [2.45, 2.75) is 27.4 Å². The maximum absolute atomic E-state index is 13.8. The van der Waals surface area contributed by atoms with Gasteiger partial charge in [-0.2, -0.15) is 0 Å². The van der Waals surface area contributed by atoms with Gasteiger partial charge in [0, 0.05) is 25.4 Å². The summed E-state index contributed by atoms with van der Waals surface area (Å²) in [5, 5.41) is 8.97. The molecule has 4 heteroatoms. The molecule has 0 unspecified atom stereocenters. The molecule has 0 atom stereocenters. The van der Waals surface area contributed by atoms with E-state index in [9.17, 15) is 4.39 Å². The maximum atomic E-state index is 13.8. The van der Waals surface area contributed by atoms with Crippen molar-refractivity contribution in [2.24, 2.45) is 5.41 Å². The Morgan fingerprint density at radius 3 is 2.56 bits per heavy atom. The van der Waals surface area contributed by atoms with Crippen LogP contribution in [0.25, 0.3) is 0 Å². The maximum Gasteiger partial charge on any atom is 0.171 e. The van der Waals surface area contributed by atoms with Gasteiger partial charge in [0.1, 0.15) is 0 Å². The molecule has 1 heterocycles. The van der Waals surface area contributed by atoms with Crippen LogP contribution in [0.1, 0.15) is 26.3 Å². The lowest BCUT2D eigenvalue weighted by Gasteiger charge is -2.27. The smallest absolute Gasteiger partial charge is 0.171 e. The summed E-state index contributed by atoms with van der Waals surface area (Å²) in [6.07, 6.45) is 1.52. The third-order valence-corrected chi connectivity index (χ3v) is 2.19. The lowest BCUT2D eigenvalue weighted by Crippen LogP contribution is -2.30. The largest absolute Gasteiger partial charge is 0.392 e. The first kappa shape index (κ1) is 12.9. The normalized spacial score (nSPS) is 11.6. The second kappa shape index (κ2) is 4.78. The molecule has 0 bridgehead atoms. The topological polar surface area (TPSA) is 36.4 Å². The van der Waals surface area contributed by atoms with Crippen LogP contribution in [-0.4, -0.2) is 23.7 Å². The van der Waals surface area contributed by atoms with Gasteiger partial charge in [-0.1, -0.05) is 20.8 Å². The predicted molar refractivity (Wildman–Crippen MR) is 62.8 cm³/mol. The quantitative estimate of drug-likeness (QED) is 0.858. The van der Waals surface area contributed by atoms with E-state index >= 15 is 0 Å². The molecule has 16 heavy (non-hydrogen) atoms. The molecule has 1 aromatic rings. The van der Waals surface area contributed by atoms with Crippen LogP contribution in [0.4, 0.5) is 10.2 Å². The SMILES string of the molecule is CN(CC(C)(C)C)c1nccc(CO)c1F. The van der Waals surface area contributed by atoms with Gasteiger partial charge in [0.05, 0.1) is 6.61 Å². The molecule has 0 saturated heterocycles. The van der Waals surface area contributed by atoms with Gasteiger partial charge < -0.3 is 10.0 Å². The highest BCUT2D eigenvalue weighted by molar-refractivity contribution is 5.42. The summed E-state index contributed by atoms with van der Waals surface area (Å²) in [6.45, 7) is 6.64. The minimum Gasteiger partial charge on any atom is -0.392 e. The minimum absolute atomic E-state index is 0.0675. The van der Waals surface area contributed by atoms with E-state index in [4.69, 9.17) is 5.11 Å². The second-order valence-corrected chi connectivity index (χ2v) is 5.18. The van der Waals surface area contributed by atoms with Crippen molar-refractivity contribution >= 4 is 5.82 Å². The molecule has 0 aliphatic carbocycles. The molecule has 3 nitrogen and oxygen atoms in total. The fourth-order valence-corrected chi connectivity index (χ4v) is 1.65.